The van der Waals surface area contributed by atoms with E-state index >= 15 is 0 Å². The highest BCUT2D eigenvalue weighted by Crippen LogP contribution is 2.36. The van der Waals surface area contributed by atoms with Crippen molar-refractivity contribution in [2.45, 2.75) is 20.0 Å². The summed E-state index contributed by atoms with van der Waals surface area (Å²) >= 11 is 0. The van der Waals surface area contributed by atoms with Crippen LogP contribution in [0.25, 0.3) is 0 Å². The van der Waals surface area contributed by atoms with Crippen molar-refractivity contribution in [2.24, 2.45) is 4.99 Å². The molecular weight excluding hydrogens is 457 g/mol. The Kier molecular flexibility index (Phi) is 9.28. The summed E-state index contributed by atoms with van der Waals surface area (Å²) in [5.74, 6) is 0.393. The van der Waals surface area contributed by atoms with Crippen LogP contribution in [0.15, 0.2) is 53.5 Å². The Morgan fingerprint density at radius 1 is 0.971 bits per heavy atom. The van der Waals surface area contributed by atoms with Gasteiger partial charge in [-0.1, -0.05) is 24.3 Å². The number of nitrogens with zero attached hydrogens (tertiary/aromatic N) is 4. The summed E-state index contributed by atoms with van der Waals surface area (Å²) in [6.07, 6.45) is -4.51. The smallest absolute Gasteiger partial charge is 0.383 e. The summed E-state index contributed by atoms with van der Waals surface area (Å²) in [7, 11) is 1.66. The molecule has 0 saturated carbocycles. The third-order valence-corrected chi connectivity index (χ3v) is 6.16. The number of para-hydroxylation sites is 1. The molecule has 2 aromatic carbocycles. The first kappa shape index (κ1) is 26.7. The number of alkyl halides is 3. The largest absolute Gasteiger partial charge is 0.418 e. The van der Waals surface area contributed by atoms with Gasteiger partial charge in [-0.05, 0) is 38.1 Å². The number of halogens is 3. The number of methoxy groups -OCH3 is 1. The Morgan fingerprint density at radius 2 is 1.57 bits per heavy atom. The normalized spacial score (nSPS) is 15.4. The first-order valence-electron chi connectivity index (χ1n) is 11.9. The zero-order chi connectivity index (χ0) is 25.4. The van der Waals surface area contributed by atoms with Gasteiger partial charge in [-0.25, -0.2) is 4.99 Å². The van der Waals surface area contributed by atoms with E-state index in [2.05, 4.69) is 9.89 Å². The topological polar surface area (TPSA) is 48.4 Å². The number of amidine groups is 1. The molecule has 190 valence electrons. The highest BCUT2D eigenvalue weighted by atomic mass is 19.4. The molecule has 0 spiro atoms. The van der Waals surface area contributed by atoms with Crippen molar-refractivity contribution < 1.29 is 22.7 Å². The van der Waals surface area contributed by atoms with Crippen molar-refractivity contribution in [3.63, 3.8) is 0 Å². The molecule has 2 aromatic rings. The second-order valence-electron chi connectivity index (χ2n) is 8.33. The van der Waals surface area contributed by atoms with Gasteiger partial charge in [-0.3, -0.25) is 9.69 Å². The standard InChI is InChI=1S/C26H33F3N4O2/c1-4-32(5-2)25(34)21-12-10-20(11-13-21)24(33-16-14-31(15-17-33)18-19-35-3)30-23-9-7-6-8-22(23)26(27,28)29/h6-13H,4-5,14-19H2,1-3H3/b30-24+. The Labute approximate surface area is 205 Å². The van der Waals surface area contributed by atoms with Crippen molar-refractivity contribution in [3.05, 3.63) is 65.2 Å². The number of aliphatic imine (C=N–C) groups is 1. The molecule has 6 nitrogen and oxygen atoms in total. The molecule has 3 rings (SSSR count). The molecule has 1 fully saturated rings. The van der Waals surface area contributed by atoms with Crippen LogP contribution < -0.4 is 0 Å². The lowest BCUT2D eigenvalue weighted by atomic mass is 10.1. The van der Waals surface area contributed by atoms with Crippen LogP contribution >= 0.6 is 0 Å². The minimum absolute atomic E-state index is 0.0748. The Balaban J connectivity index is 1.96. The lowest BCUT2D eigenvalue weighted by molar-refractivity contribution is -0.137. The fourth-order valence-electron chi connectivity index (χ4n) is 4.10. The number of piperazine rings is 1. The number of benzene rings is 2. The number of ether oxygens (including phenoxy) is 1. The van der Waals surface area contributed by atoms with E-state index < -0.39 is 11.7 Å². The van der Waals surface area contributed by atoms with E-state index in [0.29, 0.717) is 49.7 Å². The minimum atomic E-state index is -4.51. The van der Waals surface area contributed by atoms with Crippen molar-refractivity contribution in [1.29, 1.82) is 0 Å². The van der Waals surface area contributed by atoms with E-state index in [1.165, 1.54) is 12.1 Å². The van der Waals surface area contributed by atoms with Gasteiger partial charge in [0.1, 0.15) is 5.84 Å². The molecule has 0 unspecified atom stereocenters. The first-order chi connectivity index (χ1) is 16.8. The predicted octanol–water partition coefficient (Wildman–Crippen LogP) is 4.53. The molecule has 0 bridgehead atoms. The van der Waals surface area contributed by atoms with Crippen molar-refractivity contribution in [1.82, 2.24) is 14.7 Å². The van der Waals surface area contributed by atoms with Gasteiger partial charge in [0.05, 0.1) is 17.9 Å². The highest BCUT2D eigenvalue weighted by molar-refractivity contribution is 6.02. The summed E-state index contributed by atoms with van der Waals surface area (Å²) < 4.78 is 46.1. The molecule has 0 N–H and O–H groups in total. The van der Waals surface area contributed by atoms with Crippen molar-refractivity contribution >= 4 is 17.4 Å². The highest BCUT2D eigenvalue weighted by Gasteiger charge is 2.33. The second kappa shape index (κ2) is 12.2. The lowest BCUT2D eigenvalue weighted by Crippen LogP contribution is -2.49. The van der Waals surface area contributed by atoms with Crippen LogP contribution in [0.5, 0.6) is 0 Å². The summed E-state index contributed by atoms with van der Waals surface area (Å²) in [6.45, 7) is 9.22. The number of hydrogen-bond acceptors (Lipinski definition) is 4. The van der Waals surface area contributed by atoms with E-state index in [-0.39, 0.29) is 11.6 Å². The average molecular weight is 491 g/mol. The van der Waals surface area contributed by atoms with E-state index in [1.54, 1.807) is 42.3 Å². The molecular formula is C26H33F3N4O2. The monoisotopic (exact) mass is 490 g/mol. The van der Waals surface area contributed by atoms with Crippen LogP contribution in [0.2, 0.25) is 0 Å². The molecule has 0 aliphatic carbocycles. The number of carbonyl (C=O) groups is 1. The second-order valence-corrected chi connectivity index (χ2v) is 8.33. The fraction of sp³-hybridized carbons (Fsp3) is 0.462. The number of rotatable bonds is 8. The van der Waals surface area contributed by atoms with Gasteiger partial charge in [0, 0.05) is 64.0 Å². The fourth-order valence-corrected chi connectivity index (χ4v) is 4.10. The number of carbonyl (C=O) groups excluding carboxylic acids is 1. The van der Waals surface area contributed by atoms with Gasteiger partial charge in [0.2, 0.25) is 0 Å². The maximum atomic E-state index is 13.7. The third kappa shape index (κ3) is 6.82. The summed E-state index contributed by atoms with van der Waals surface area (Å²) in [5, 5.41) is 0. The first-order valence-corrected chi connectivity index (χ1v) is 11.9. The van der Waals surface area contributed by atoms with Gasteiger partial charge in [-0.15, -0.1) is 0 Å². The molecule has 9 heteroatoms. The lowest BCUT2D eigenvalue weighted by Gasteiger charge is -2.36. The van der Waals surface area contributed by atoms with Crippen LogP contribution in [0, 0.1) is 0 Å². The van der Waals surface area contributed by atoms with Crippen molar-refractivity contribution in [2.75, 3.05) is 59.5 Å². The molecule has 35 heavy (non-hydrogen) atoms. The maximum Gasteiger partial charge on any atom is 0.418 e. The molecule has 0 atom stereocenters. The number of hydrogen-bond donors (Lipinski definition) is 0. The Bertz CT molecular complexity index is 996. The molecule has 0 radical (unpaired) electrons. The summed E-state index contributed by atoms with van der Waals surface area (Å²) in [5.41, 5.74) is 0.310. The molecule has 1 amide bonds. The quantitative estimate of drug-likeness (QED) is 0.403. The molecule has 1 heterocycles. The van der Waals surface area contributed by atoms with Crippen LogP contribution in [0.4, 0.5) is 18.9 Å². The van der Waals surface area contributed by atoms with Gasteiger partial charge >= 0.3 is 6.18 Å². The summed E-state index contributed by atoms with van der Waals surface area (Å²) in [6, 6.07) is 12.3. The van der Waals surface area contributed by atoms with Crippen LogP contribution in [0.1, 0.15) is 35.3 Å². The average Bonchev–Trinajstić information content (AvgIpc) is 2.87. The van der Waals surface area contributed by atoms with E-state index in [4.69, 9.17) is 4.74 Å². The van der Waals surface area contributed by atoms with Gasteiger partial charge in [0.15, 0.2) is 0 Å². The van der Waals surface area contributed by atoms with E-state index in [9.17, 15) is 18.0 Å². The van der Waals surface area contributed by atoms with Gasteiger partial charge < -0.3 is 14.5 Å². The van der Waals surface area contributed by atoms with Crippen LogP contribution in [-0.4, -0.2) is 86.0 Å². The molecule has 0 aromatic heterocycles. The van der Waals surface area contributed by atoms with E-state index in [1.807, 2.05) is 18.7 Å². The third-order valence-electron chi connectivity index (χ3n) is 6.16. The van der Waals surface area contributed by atoms with Gasteiger partial charge in [0.25, 0.3) is 5.91 Å². The van der Waals surface area contributed by atoms with Crippen LogP contribution in [-0.2, 0) is 10.9 Å². The minimum Gasteiger partial charge on any atom is -0.383 e. The molecule has 1 aliphatic rings. The zero-order valence-corrected chi connectivity index (χ0v) is 20.5. The Hall–Kier alpha value is -2.91. The van der Waals surface area contributed by atoms with Crippen LogP contribution in [0.3, 0.4) is 0 Å². The predicted molar refractivity (Wildman–Crippen MR) is 131 cm³/mol. The SMILES string of the molecule is CCN(CC)C(=O)c1ccc(/C(=N\c2ccccc2C(F)(F)F)N2CCN(CCOC)CC2)cc1. The van der Waals surface area contributed by atoms with Crippen molar-refractivity contribution in [3.8, 4) is 0 Å². The van der Waals surface area contributed by atoms with Gasteiger partial charge in [-0.2, -0.15) is 13.2 Å². The molecule has 1 aliphatic heterocycles. The summed E-state index contributed by atoms with van der Waals surface area (Å²) in [4.78, 5) is 23.2. The number of amides is 1. The van der Waals surface area contributed by atoms with E-state index in [0.717, 1.165) is 25.7 Å². The molecule has 1 saturated heterocycles. The maximum absolute atomic E-state index is 13.7. The Morgan fingerprint density at radius 3 is 2.14 bits per heavy atom. The zero-order valence-electron chi connectivity index (χ0n) is 20.5.